The van der Waals surface area contributed by atoms with Crippen LogP contribution >= 0.6 is 11.6 Å². The van der Waals surface area contributed by atoms with Gasteiger partial charge in [0.25, 0.3) is 0 Å². The Morgan fingerprint density at radius 1 is 1.47 bits per heavy atom. The normalized spacial score (nSPS) is 9.80. The van der Waals surface area contributed by atoms with Gasteiger partial charge in [-0.15, -0.1) is 0 Å². The first-order valence-electron chi connectivity index (χ1n) is 4.87. The Balaban J connectivity index is 2.51. The summed E-state index contributed by atoms with van der Waals surface area (Å²) in [6.07, 6.45) is 0. The van der Waals surface area contributed by atoms with E-state index < -0.39 is 0 Å². The summed E-state index contributed by atoms with van der Waals surface area (Å²) in [6.45, 7) is 2.92. The van der Waals surface area contributed by atoms with E-state index in [1.165, 1.54) is 0 Å². The van der Waals surface area contributed by atoms with Crippen LogP contribution in [0.1, 0.15) is 6.92 Å². The second kappa shape index (κ2) is 5.61. The molecule has 0 unspecified atom stereocenters. The highest BCUT2D eigenvalue weighted by Crippen LogP contribution is 2.19. The molecule has 1 N–H and O–H groups in total. The summed E-state index contributed by atoms with van der Waals surface area (Å²) in [5.41, 5.74) is 0.789. The van der Waals surface area contributed by atoms with Crippen LogP contribution in [0.2, 0.25) is 5.02 Å². The molecule has 15 heavy (non-hydrogen) atoms. The van der Waals surface area contributed by atoms with Crippen LogP contribution in [0.15, 0.2) is 24.3 Å². The minimum Gasteiger partial charge on any atom is -0.375 e. The predicted octanol–water partition coefficient (Wildman–Crippen LogP) is 2.23. The van der Waals surface area contributed by atoms with E-state index in [-0.39, 0.29) is 12.5 Å². The van der Waals surface area contributed by atoms with Crippen molar-refractivity contribution in [2.45, 2.75) is 6.92 Å². The lowest BCUT2D eigenvalue weighted by Crippen LogP contribution is -2.31. The first kappa shape index (κ1) is 11.9. The van der Waals surface area contributed by atoms with Crippen molar-refractivity contribution in [3.63, 3.8) is 0 Å². The summed E-state index contributed by atoms with van der Waals surface area (Å²) in [7, 11) is 1.77. The lowest BCUT2D eigenvalue weighted by Gasteiger charge is -2.15. The molecule has 0 saturated carbocycles. The summed E-state index contributed by atoms with van der Waals surface area (Å²) in [5.74, 6) is 0.0532. The van der Waals surface area contributed by atoms with Gasteiger partial charge in [-0.3, -0.25) is 4.79 Å². The molecule has 1 rings (SSSR count). The van der Waals surface area contributed by atoms with Crippen LogP contribution in [-0.4, -0.2) is 30.9 Å². The molecule has 1 amide bonds. The minimum atomic E-state index is 0.0532. The van der Waals surface area contributed by atoms with Crippen LogP contribution in [0.25, 0.3) is 0 Å². The number of hydrogen-bond donors (Lipinski definition) is 1. The summed E-state index contributed by atoms with van der Waals surface area (Å²) in [4.78, 5) is 13.1. The molecule has 0 aromatic heterocycles. The van der Waals surface area contributed by atoms with Crippen molar-refractivity contribution in [3.8, 4) is 0 Å². The first-order chi connectivity index (χ1) is 7.15. The number of rotatable bonds is 4. The summed E-state index contributed by atoms with van der Waals surface area (Å²) >= 11 is 5.93. The second-order valence-corrected chi connectivity index (χ2v) is 3.65. The third-order valence-electron chi connectivity index (χ3n) is 2.20. The fourth-order valence-electron chi connectivity index (χ4n) is 1.09. The lowest BCUT2D eigenvalue weighted by atomic mass is 10.3. The summed E-state index contributed by atoms with van der Waals surface area (Å²) < 4.78 is 0. The molecule has 3 nitrogen and oxygen atoms in total. The van der Waals surface area contributed by atoms with E-state index >= 15 is 0 Å². The van der Waals surface area contributed by atoms with Crippen LogP contribution in [-0.2, 0) is 4.79 Å². The van der Waals surface area contributed by atoms with Gasteiger partial charge in [0, 0.05) is 13.6 Å². The maximum Gasteiger partial charge on any atom is 0.241 e. The first-order valence-corrected chi connectivity index (χ1v) is 5.25. The Kier molecular flexibility index (Phi) is 4.43. The molecule has 0 aliphatic rings. The summed E-state index contributed by atoms with van der Waals surface area (Å²) in [6, 6.07) is 7.37. The lowest BCUT2D eigenvalue weighted by molar-refractivity contribution is -0.127. The summed E-state index contributed by atoms with van der Waals surface area (Å²) in [5, 5.41) is 3.63. The number of carbonyl (C=O) groups is 1. The van der Waals surface area contributed by atoms with Gasteiger partial charge in [0.2, 0.25) is 5.91 Å². The molecule has 0 heterocycles. The maximum atomic E-state index is 11.5. The van der Waals surface area contributed by atoms with Crippen molar-refractivity contribution < 1.29 is 4.79 Å². The van der Waals surface area contributed by atoms with Crippen molar-refractivity contribution in [1.82, 2.24) is 4.90 Å². The minimum absolute atomic E-state index is 0.0532. The topological polar surface area (TPSA) is 32.3 Å². The zero-order valence-electron chi connectivity index (χ0n) is 8.96. The van der Waals surface area contributed by atoms with Crippen LogP contribution in [0.3, 0.4) is 0 Å². The predicted molar refractivity (Wildman–Crippen MR) is 63.3 cm³/mol. The van der Waals surface area contributed by atoms with Crippen LogP contribution in [0, 0.1) is 0 Å². The van der Waals surface area contributed by atoms with E-state index in [0.29, 0.717) is 11.6 Å². The number of nitrogens with zero attached hydrogens (tertiary/aromatic N) is 1. The van der Waals surface area contributed by atoms with Crippen LogP contribution in [0.4, 0.5) is 5.69 Å². The molecule has 0 bridgehead atoms. The number of para-hydroxylation sites is 1. The Bertz CT molecular complexity index is 341. The Hall–Kier alpha value is -1.22. The zero-order chi connectivity index (χ0) is 11.3. The number of likely N-dealkylation sites (N-methyl/N-ethyl adjacent to an activating group) is 1. The number of amides is 1. The van der Waals surface area contributed by atoms with E-state index in [1.807, 2.05) is 25.1 Å². The molecular weight excluding hydrogens is 212 g/mol. The van der Waals surface area contributed by atoms with Gasteiger partial charge in [0.05, 0.1) is 17.3 Å². The third-order valence-corrected chi connectivity index (χ3v) is 2.53. The molecule has 0 saturated heterocycles. The van der Waals surface area contributed by atoms with Crippen LogP contribution in [0.5, 0.6) is 0 Å². The van der Waals surface area contributed by atoms with Gasteiger partial charge < -0.3 is 10.2 Å². The largest absolute Gasteiger partial charge is 0.375 e. The Morgan fingerprint density at radius 3 is 2.73 bits per heavy atom. The number of halogens is 1. The van der Waals surface area contributed by atoms with Gasteiger partial charge >= 0.3 is 0 Å². The van der Waals surface area contributed by atoms with Gasteiger partial charge in [-0.05, 0) is 19.1 Å². The number of hydrogen-bond acceptors (Lipinski definition) is 2. The maximum absolute atomic E-state index is 11.5. The molecule has 0 aliphatic carbocycles. The molecule has 4 heteroatoms. The van der Waals surface area contributed by atoms with E-state index in [1.54, 1.807) is 18.0 Å². The average molecular weight is 227 g/mol. The zero-order valence-corrected chi connectivity index (χ0v) is 9.71. The highest BCUT2D eigenvalue weighted by atomic mass is 35.5. The Morgan fingerprint density at radius 2 is 2.13 bits per heavy atom. The SMILES string of the molecule is CCN(C)C(=O)CNc1ccccc1Cl. The van der Waals surface area contributed by atoms with Gasteiger partial charge in [-0.1, -0.05) is 23.7 Å². The molecule has 1 aromatic carbocycles. The van der Waals surface area contributed by atoms with E-state index in [9.17, 15) is 4.79 Å². The molecule has 0 radical (unpaired) electrons. The number of benzene rings is 1. The number of carbonyl (C=O) groups excluding carboxylic acids is 1. The van der Waals surface area contributed by atoms with Gasteiger partial charge in [0.1, 0.15) is 0 Å². The van der Waals surface area contributed by atoms with E-state index in [2.05, 4.69) is 5.32 Å². The smallest absolute Gasteiger partial charge is 0.241 e. The second-order valence-electron chi connectivity index (χ2n) is 3.24. The molecule has 82 valence electrons. The van der Waals surface area contributed by atoms with Crippen LogP contribution < -0.4 is 5.32 Å². The van der Waals surface area contributed by atoms with Crippen molar-refractivity contribution >= 4 is 23.2 Å². The standard InChI is InChI=1S/C11H15ClN2O/c1-3-14(2)11(15)8-13-10-7-5-4-6-9(10)12/h4-7,13H,3,8H2,1-2H3. The van der Waals surface area contributed by atoms with Gasteiger partial charge in [0.15, 0.2) is 0 Å². The molecule has 0 fully saturated rings. The molecule has 0 spiro atoms. The highest BCUT2D eigenvalue weighted by molar-refractivity contribution is 6.33. The van der Waals surface area contributed by atoms with Crippen molar-refractivity contribution in [2.75, 3.05) is 25.5 Å². The molecule has 0 aliphatic heterocycles. The van der Waals surface area contributed by atoms with Crippen molar-refractivity contribution in [3.05, 3.63) is 29.3 Å². The fourth-order valence-corrected chi connectivity index (χ4v) is 1.29. The van der Waals surface area contributed by atoms with Gasteiger partial charge in [-0.25, -0.2) is 0 Å². The monoisotopic (exact) mass is 226 g/mol. The average Bonchev–Trinajstić information content (AvgIpc) is 2.26. The Labute approximate surface area is 95.0 Å². The highest BCUT2D eigenvalue weighted by Gasteiger charge is 2.06. The quantitative estimate of drug-likeness (QED) is 0.854. The fraction of sp³-hybridized carbons (Fsp3) is 0.364. The van der Waals surface area contributed by atoms with Crippen molar-refractivity contribution in [1.29, 1.82) is 0 Å². The number of anilines is 1. The third kappa shape index (κ3) is 3.44. The molecule has 0 atom stereocenters. The van der Waals surface area contributed by atoms with Gasteiger partial charge in [-0.2, -0.15) is 0 Å². The molecular formula is C11H15ClN2O. The van der Waals surface area contributed by atoms with E-state index in [0.717, 1.165) is 5.69 Å². The van der Waals surface area contributed by atoms with Crippen molar-refractivity contribution in [2.24, 2.45) is 0 Å². The number of nitrogens with one attached hydrogen (secondary N) is 1. The molecule has 1 aromatic rings. The van der Waals surface area contributed by atoms with E-state index in [4.69, 9.17) is 11.6 Å².